The molecule has 1 atom stereocenters. The number of nitrogens with one attached hydrogen (secondary N) is 1. The van der Waals surface area contributed by atoms with E-state index in [9.17, 15) is 9.59 Å². The van der Waals surface area contributed by atoms with E-state index in [2.05, 4.69) is 15.5 Å². The summed E-state index contributed by atoms with van der Waals surface area (Å²) in [6.45, 7) is 5.98. The quantitative estimate of drug-likeness (QED) is 0.411. The molecule has 0 spiro atoms. The number of carbonyl (C=O) groups is 2. The molecule has 8 nitrogen and oxygen atoms in total. The van der Waals surface area contributed by atoms with E-state index in [4.69, 9.17) is 25.6 Å². The number of benzene rings is 2. The molecular formula is C25H28ClN3O5. The molecule has 0 aliphatic carbocycles. The number of esters is 1. The molecule has 0 saturated carbocycles. The van der Waals surface area contributed by atoms with Crippen molar-refractivity contribution < 1.29 is 23.6 Å². The molecule has 0 radical (unpaired) electrons. The van der Waals surface area contributed by atoms with E-state index in [0.29, 0.717) is 46.6 Å². The smallest absolute Gasteiger partial charge is 0.306 e. The summed E-state index contributed by atoms with van der Waals surface area (Å²) in [5.74, 6) is 0.567. The fraction of sp³-hybridized carbons (Fsp3) is 0.360. The molecule has 1 aromatic heterocycles. The van der Waals surface area contributed by atoms with Crippen molar-refractivity contribution in [1.82, 2.24) is 10.1 Å². The average molecular weight is 486 g/mol. The Balaban J connectivity index is 1.63. The summed E-state index contributed by atoms with van der Waals surface area (Å²) < 4.78 is 16.0. The lowest BCUT2D eigenvalue weighted by atomic mass is 9.96. The minimum Gasteiger partial charge on any atom is -0.495 e. The normalized spacial score (nSPS) is 12.1. The van der Waals surface area contributed by atoms with Gasteiger partial charge in [-0.3, -0.25) is 9.59 Å². The molecule has 1 heterocycles. The molecule has 9 heteroatoms. The van der Waals surface area contributed by atoms with Crippen LogP contribution < -0.4 is 10.1 Å². The first kappa shape index (κ1) is 25.2. The fourth-order valence-electron chi connectivity index (χ4n) is 3.09. The van der Waals surface area contributed by atoms with Crippen LogP contribution in [0.1, 0.15) is 57.0 Å². The summed E-state index contributed by atoms with van der Waals surface area (Å²) in [5, 5.41) is 7.08. The maximum atomic E-state index is 13.0. The van der Waals surface area contributed by atoms with Gasteiger partial charge in [0.1, 0.15) is 5.75 Å². The minimum atomic E-state index is -1.12. The number of anilines is 1. The maximum absolute atomic E-state index is 13.0. The highest BCUT2D eigenvalue weighted by Crippen LogP contribution is 2.28. The zero-order valence-electron chi connectivity index (χ0n) is 19.6. The molecule has 0 fully saturated rings. The lowest BCUT2D eigenvalue weighted by molar-refractivity contribution is -0.154. The third kappa shape index (κ3) is 6.81. The molecule has 1 unspecified atom stereocenters. The summed E-state index contributed by atoms with van der Waals surface area (Å²) in [6, 6.07) is 13.7. The second-order valence-electron chi connectivity index (χ2n) is 8.73. The highest BCUT2D eigenvalue weighted by atomic mass is 35.5. The van der Waals surface area contributed by atoms with E-state index in [1.165, 1.54) is 7.11 Å². The van der Waals surface area contributed by atoms with Crippen LogP contribution in [0.5, 0.6) is 5.75 Å². The van der Waals surface area contributed by atoms with Gasteiger partial charge in [0.05, 0.1) is 12.1 Å². The predicted octanol–water partition coefficient (Wildman–Crippen LogP) is 5.28. The van der Waals surface area contributed by atoms with Crippen LogP contribution in [0.15, 0.2) is 53.1 Å². The molecule has 0 aliphatic heterocycles. The number of rotatable bonds is 9. The largest absolute Gasteiger partial charge is 0.495 e. The average Bonchev–Trinajstić information content (AvgIpc) is 3.28. The third-order valence-electron chi connectivity index (χ3n) is 4.92. The first-order valence-corrected chi connectivity index (χ1v) is 11.3. The monoisotopic (exact) mass is 485 g/mol. The third-order valence-corrected chi connectivity index (χ3v) is 5.21. The maximum Gasteiger partial charge on any atom is 0.306 e. The molecular weight excluding hydrogens is 458 g/mol. The second kappa shape index (κ2) is 11.2. The van der Waals surface area contributed by atoms with Crippen LogP contribution in [0.2, 0.25) is 5.02 Å². The fourth-order valence-corrected chi connectivity index (χ4v) is 3.35. The number of carbonyl (C=O) groups excluding carboxylic acids is 2. The van der Waals surface area contributed by atoms with Crippen LogP contribution in [0, 0.1) is 0 Å². The van der Waals surface area contributed by atoms with Crippen LogP contribution in [-0.4, -0.2) is 29.1 Å². The van der Waals surface area contributed by atoms with Crippen LogP contribution in [0.4, 0.5) is 5.69 Å². The van der Waals surface area contributed by atoms with Crippen LogP contribution >= 0.6 is 11.6 Å². The van der Waals surface area contributed by atoms with Crippen molar-refractivity contribution in [3.05, 3.63) is 70.8 Å². The minimum absolute atomic E-state index is 0.0954. The summed E-state index contributed by atoms with van der Waals surface area (Å²) in [5.41, 5.74) is 0.795. The van der Waals surface area contributed by atoms with Crippen molar-refractivity contribution in [1.29, 1.82) is 0 Å². The van der Waals surface area contributed by atoms with Gasteiger partial charge in [-0.15, -0.1) is 0 Å². The van der Waals surface area contributed by atoms with Gasteiger partial charge in [-0.1, -0.05) is 67.9 Å². The van der Waals surface area contributed by atoms with Gasteiger partial charge in [-0.05, 0) is 24.6 Å². The zero-order valence-corrected chi connectivity index (χ0v) is 20.4. The van der Waals surface area contributed by atoms with Gasteiger partial charge in [0.25, 0.3) is 5.91 Å². The standard InChI is InChI=1S/C25H28ClN3O5/c1-25(2,3)24-28-20(34-29-24)11-8-12-21(30)33-22(16-9-6-5-7-10-16)23(31)27-17-13-14-19(32-4)18(26)15-17/h5-7,9-10,13-15,22H,8,11-12H2,1-4H3,(H,27,31). The molecule has 2 aromatic carbocycles. The highest BCUT2D eigenvalue weighted by Gasteiger charge is 2.26. The van der Waals surface area contributed by atoms with Gasteiger partial charge in [-0.2, -0.15) is 4.98 Å². The van der Waals surface area contributed by atoms with Crippen LogP contribution in [-0.2, 0) is 26.2 Å². The number of ether oxygens (including phenoxy) is 2. The van der Waals surface area contributed by atoms with E-state index < -0.39 is 18.0 Å². The number of methoxy groups -OCH3 is 1. The van der Waals surface area contributed by atoms with Crippen molar-refractivity contribution in [3.8, 4) is 5.75 Å². The Morgan fingerprint density at radius 3 is 2.50 bits per heavy atom. The summed E-state index contributed by atoms with van der Waals surface area (Å²) in [4.78, 5) is 29.9. The lowest BCUT2D eigenvalue weighted by Gasteiger charge is -2.18. The van der Waals surface area contributed by atoms with Gasteiger partial charge in [0, 0.05) is 29.5 Å². The Morgan fingerprint density at radius 1 is 1.15 bits per heavy atom. The summed E-state index contributed by atoms with van der Waals surface area (Å²) in [6.07, 6.45) is -0.143. The van der Waals surface area contributed by atoms with Crippen molar-refractivity contribution in [2.45, 2.75) is 51.6 Å². The first-order chi connectivity index (χ1) is 16.2. The molecule has 180 valence electrons. The molecule has 1 amide bonds. The number of aryl methyl sites for hydroxylation is 1. The van der Waals surface area contributed by atoms with Gasteiger partial charge in [-0.25, -0.2) is 0 Å². The number of halogens is 1. The first-order valence-electron chi connectivity index (χ1n) is 10.9. The Kier molecular flexibility index (Phi) is 8.28. The Labute approximate surface area is 203 Å². The SMILES string of the molecule is COc1ccc(NC(=O)C(OC(=O)CCCc2nc(C(C)(C)C)no2)c2ccccc2)cc1Cl. The van der Waals surface area contributed by atoms with Crippen LogP contribution in [0.3, 0.4) is 0 Å². The molecule has 0 saturated heterocycles. The van der Waals surface area contributed by atoms with Crippen molar-refractivity contribution >= 4 is 29.2 Å². The van der Waals surface area contributed by atoms with Gasteiger partial charge < -0.3 is 19.3 Å². The van der Waals surface area contributed by atoms with E-state index in [0.717, 1.165) is 0 Å². The topological polar surface area (TPSA) is 104 Å². The lowest BCUT2D eigenvalue weighted by Crippen LogP contribution is -2.26. The number of aromatic nitrogens is 2. The molecule has 1 N–H and O–H groups in total. The van der Waals surface area contributed by atoms with Gasteiger partial charge in [0.15, 0.2) is 5.82 Å². The Bertz CT molecular complexity index is 1130. The number of hydrogen-bond donors (Lipinski definition) is 1. The van der Waals surface area contributed by atoms with E-state index in [1.54, 1.807) is 42.5 Å². The highest BCUT2D eigenvalue weighted by molar-refractivity contribution is 6.32. The summed E-state index contributed by atoms with van der Waals surface area (Å²) >= 11 is 6.15. The van der Waals surface area contributed by atoms with Crippen molar-refractivity contribution in [2.24, 2.45) is 0 Å². The number of nitrogens with zero attached hydrogens (tertiary/aromatic N) is 2. The summed E-state index contributed by atoms with van der Waals surface area (Å²) in [7, 11) is 1.51. The Hall–Kier alpha value is -3.39. The molecule has 3 aromatic rings. The van der Waals surface area contributed by atoms with Crippen LogP contribution in [0.25, 0.3) is 0 Å². The van der Waals surface area contributed by atoms with E-state index in [1.807, 2.05) is 26.8 Å². The Morgan fingerprint density at radius 2 is 1.88 bits per heavy atom. The predicted molar refractivity (Wildman–Crippen MR) is 128 cm³/mol. The van der Waals surface area contributed by atoms with E-state index >= 15 is 0 Å². The van der Waals surface area contributed by atoms with Gasteiger partial charge in [0.2, 0.25) is 12.0 Å². The molecule has 34 heavy (non-hydrogen) atoms. The number of hydrogen-bond acceptors (Lipinski definition) is 7. The van der Waals surface area contributed by atoms with Gasteiger partial charge >= 0.3 is 5.97 Å². The molecule has 3 rings (SSSR count). The van der Waals surface area contributed by atoms with Crippen molar-refractivity contribution in [3.63, 3.8) is 0 Å². The number of amides is 1. The molecule has 0 aliphatic rings. The van der Waals surface area contributed by atoms with E-state index in [-0.39, 0.29) is 11.8 Å². The molecule has 0 bridgehead atoms. The van der Waals surface area contributed by atoms with Crippen molar-refractivity contribution in [2.75, 3.05) is 12.4 Å². The second-order valence-corrected chi connectivity index (χ2v) is 9.14. The zero-order chi connectivity index (χ0) is 24.7.